The summed E-state index contributed by atoms with van der Waals surface area (Å²) in [6.07, 6.45) is 3.91. The summed E-state index contributed by atoms with van der Waals surface area (Å²) in [5.74, 6) is 1.61. The van der Waals surface area contributed by atoms with Crippen molar-refractivity contribution in [2.24, 2.45) is 5.92 Å². The van der Waals surface area contributed by atoms with Crippen LogP contribution in [0, 0.1) is 17.2 Å². The first kappa shape index (κ1) is 21.4. The zero-order valence-corrected chi connectivity index (χ0v) is 19.3. The van der Waals surface area contributed by atoms with Gasteiger partial charge in [-0.1, -0.05) is 18.2 Å². The molecule has 1 atom stereocenters. The summed E-state index contributed by atoms with van der Waals surface area (Å²) < 4.78 is 11.5. The molecule has 8 nitrogen and oxygen atoms in total. The molecule has 1 fully saturated rings. The number of aromatic amines is 1. The minimum absolute atomic E-state index is 0.134. The molecule has 0 radical (unpaired) electrons. The Morgan fingerprint density at radius 3 is 2.79 bits per heavy atom. The number of allylic oxidation sites excluding steroid dienone is 2. The lowest BCUT2D eigenvalue weighted by atomic mass is 9.78. The third kappa shape index (κ3) is 3.92. The number of amides is 1. The van der Waals surface area contributed by atoms with Crippen LogP contribution in [0.3, 0.4) is 0 Å². The lowest BCUT2D eigenvalue weighted by Gasteiger charge is -2.37. The Bertz CT molecular complexity index is 1150. The number of nitrogens with one attached hydrogen (secondary N) is 2. The van der Waals surface area contributed by atoms with E-state index in [2.05, 4.69) is 33.7 Å². The number of para-hydroxylation sites is 1. The molecule has 1 saturated heterocycles. The first-order valence-electron chi connectivity index (χ1n) is 11.5. The first-order valence-corrected chi connectivity index (χ1v) is 11.5. The van der Waals surface area contributed by atoms with Gasteiger partial charge in [0.05, 0.1) is 30.4 Å². The highest BCUT2D eigenvalue weighted by Gasteiger charge is 2.38. The van der Waals surface area contributed by atoms with Crippen LogP contribution in [0.15, 0.2) is 35.7 Å². The molecule has 1 unspecified atom stereocenters. The van der Waals surface area contributed by atoms with Gasteiger partial charge in [-0.3, -0.25) is 5.10 Å². The fourth-order valence-corrected chi connectivity index (χ4v) is 5.04. The van der Waals surface area contributed by atoms with Crippen molar-refractivity contribution in [2.75, 3.05) is 25.0 Å². The minimum Gasteiger partial charge on any atom is -0.493 e. The molecule has 0 aliphatic carbocycles. The third-order valence-corrected chi connectivity index (χ3v) is 6.55. The summed E-state index contributed by atoms with van der Waals surface area (Å²) in [5, 5.41) is 21.1. The molecule has 0 saturated carbocycles. The Hall–Kier alpha value is -3.47. The van der Waals surface area contributed by atoms with Crippen LogP contribution in [0.25, 0.3) is 0 Å². The van der Waals surface area contributed by atoms with E-state index in [0.717, 1.165) is 47.7 Å². The van der Waals surface area contributed by atoms with Crippen LogP contribution < -0.4 is 10.1 Å². The Labute approximate surface area is 193 Å². The minimum atomic E-state index is -0.516. The zero-order valence-electron chi connectivity index (χ0n) is 19.3. The topological polar surface area (TPSA) is 103 Å². The molecule has 5 rings (SSSR count). The van der Waals surface area contributed by atoms with Crippen LogP contribution in [-0.4, -0.2) is 46.5 Å². The number of hydrogen-bond donors (Lipinski definition) is 2. The van der Waals surface area contributed by atoms with Gasteiger partial charge < -0.3 is 19.7 Å². The molecule has 4 heterocycles. The van der Waals surface area contributed by atoms with Crippen molar-refractivity contribution in [3.63, 3.8) is 0 Å². The Morgan fingerprint density at radius 1 is 1.27 bits per heavy atom. The lowest BCUT2D eigenvalue weighted by molar-refractivity contribution is 0.0194. The highest BCUT2D eigenvalue weighted by atomic mass is 16.6. The smallest absolute Gasteiger partial charge is 0.410 e. The van der Waals surface area contributed by atoms with E-state index >= 15 is 0 Å². The molecular formula is C25H29N5O3. The number of carbonyl (C=O) groups is 1. The zero-order chi connectivity index (χ0) is 23.2. The van der Waals surface area contributed by atoms with Crippen molar-refractivity contribution >= 4 is 11.9 Å². The van der Waals surface area contributed by atoms with E-state index in [1.807, 2.05) is 26.8 Å². The van der Waals surface area contributed by atoms with Crippen molar-refractivity contribution in [2.45, 2.75) is 51.6 Å². The van der Waals surface area contributed by atoms with Gasteiger partial charge in [0, 0.05) is 42.3 Å². The van der Waals surface area contributed by atoms with Crippen LogP contribution in [0.5, 0.6) is 5.75 Å². The van der Waals surface area contributed by atoms with E-state index in [1.165, 1.54) is 5.56 Å². The molecular weight excluding hydrogens is 418 g/mol. The number of likely N-dealkylation sites (tertiary alicyclic amines) is 1. The lowest BCUT2D eigenvalue weighted by Crippen LogP contribution is -2.42. The van der Waals surface area contributed by atoms with Gasteiger partial charge in [-0.05, 0) is 39.2 Å². The standard InChI is InChI=1S/C25H29N5O3/c1-25(2,3)33-24(31)30-10-7-15(8-11-30)21-18(13-26)20(19-14-27-29-23(19)28-21)17-6-4-5-16-9-12-32-22(16)17/h4-6,14-15,20H,7-12H2,1-3H3,(H2,27,28,29). The van der Waals surface area contributed by atoms with Gasteiger partial charge in [-0.25, -0.2) is 4.79 Å². The van der Waals surface area contributed by atoms with Crippen LogP contribution in [-0.2, 0) is 11.2 Å². The van der Waals surface area contributed by atoms with E-state index in [1.54, 1.807) is 11.1 Å². The highest BCUT2D eigenvalue weighted by molar-refractivity contribution is 5.69. The molecule has 3 aliphatic rings. The number of carbonyl (C=O) groups excluding carboxylic acids is 1. The molecule has 2 aromatic rings. The van der Waals surface area contributed by atoms with Gasteiger partial charge in [0.1, 0.15) is 17.2 Å². The second-order valence-corrected chi connectivity index (χ2v) is 9.87. The Morgan fingerprint density at radius 2 is 2.06 bits per heavy atom. The second-order valence-electron chi connectivity index (χ2n) is 9.87. The van der Waals surface area contributed by atoms with Crippen molar-refractivity contribution in [3.8, 4) is 11.8 Å². The molecule has 8 heteroatoms. The molecule has 0 spiro atoms. The number of piperidine rings is 1. The number of nitriles is 1. The summed E-state index contributed by atoms with van der Waals surface area (Å²) in [5.41, 5.74) is 4.24. The maximum absolute atomic E-state index is 12.5. The monoisotopic (exact) mass is 447 g/mol. The van der Waals surface area contributed by atoms with Crippen molar-refractivity contribution in [1.82, 2.24) is 15.1 Å². The van der Waals surface area contributed by atoms with Crippen molar-refractivity contribution in [1.29, 1.82) is 5.26 Å². The maximum atomic E-state index is 12.5. The van der Waals surface area contributed by atoms with E-state index < -0.39 is 5.60 Å². The van der Waals surface area contributed by atoms with E-state index in [4.69, 9.17) is 9.47 Å². The molecule has 1 amide bonds. The van der Waals surface area contributed by atoms with Crippen LogP contribution >= 0.6 is 0 Å². The highest BCUT2D eigenvalue weighted by Crippen LogP contribution is 2.47. The SMILES string of the molecule is CC(C)(C)OC(=O)N1CCC(C2=C(C#N)C(c3cccc4c3OCC4)c3cn[nH]c3N2)CC1. The van der Waals surface area contributed by atoms with Gasteiger partial charge in [-0.15, -0.1) is 0 Å². The van der Waals surface area contributed by atoms with Gasteiger partial charge in [0.2, 0.25) is 0 Å². The maximum Gasteiger partial charge on any atom is 0.410 e. The van der Waals surface area contributed by atoms with Crippen LogP contribution in [0.2, 0.25) is 0 Å². The Kier molecular flexibility index (Phi) is 5.28. The fourth-order valence-electron chi connectivity index (χ4n) is 5.04. The number of nitrogens with zero attached hydrogens (tertiary/aromatic N) is 3. The predicted molar refractivity (Wildman–Crippen MR) is 123 cm³/mol. The van der Waals surface area contributed by atoms with E-state index in [-0.39, 0.29) is 17.9 Å². The average Bonchev–Trinajstić information content (AvgIpc) is 3.46. The van der Waals surface area contributed by atoms with Crippen LogP contribution in [0.1, 0.15) is 56.2 Å². The average molecular weight is 448 g/mol. The molecule has 1 aromatic carbocycles. The molecule has 0 bridgehead atoms. The molecule has 3 aliphatic heterocycles. The summed E-state index contributed by atoms with van der Waals surface area (Å²) in [6, 6.07) is 8.68. The predicted octanol–water partition coefficient (Wildman–Crippen LogP) is 4.33. The number of benzene rings is 1. The van der Waals surface area contributed by atoms with Crippen molar-refractivity contribution in [3.05, 3.63) is 52.4 Å². The summed E-state index contributed by atoms with van der Waals surface area (Å²) in [6.45, 7) is 7.47. The van der Waals surface area contributed by atoms with Gasteiger partial charge >= 0.3 is 6.09 Å². The number of fused-ring (bicyclic) bond motifs is 2. The van der Waals surface area contributed by atoms with Gasteiger partial charge in [0.15, 0.2) is 0 Å². The normalized spacial score (nSPS) is 20.4. The largest absolute Gasteiger partial charge is 0.493 e. The molecule has 33 heavy (non-hydrogen) atoms. The summed E-state index contributed by atoms with van der Waals surface area (Å²) >= 11 is 0. The Balaban J connectivity index is 1.45. The summed E-state index contributed by atoms with van der Waals surface area (Å²) in [4.78, 5) is 14.2. The number of aromatic nitrogens is 2. The second kappa shape index (κ2) is 8.14. The summed E-state index contributed by atoms with van der Waals surface area (Å²) in [7, 11) is 0. The number of ether oxygens (including phenoxy) is 2. The van der Waals surface area contributed by atoms with Gasteiger partial charge in [-0.2, -0.15) is 10.4 Å². The van der Waals surface area contributed by atoms with E-state index in [9.17, 15) is 10.1 Å². The van der Waals surface area contributed by atoms with Gasteiger partial charge in [0.25, 0.3) is 0 Å². The number of rotatable bonds is 2. The van der Waals surface area contributed by atoms with Crippen molar-refractivity contribution < 1.29 is 14.3 Å². The number of hydrogen-bond acceptors (Lipinski definition) is 6. The quantitative estimate of drug-likeness (QED) is 0.710. The first-order chi connectivity index (χ1) is 15.9. The third-order valence-electron chi connectivity index (χ3n) is 6.55. The molecule has 172 valence electrons. The molecule has 1 aromatic heterocycles. The van der Waals surface area contributed by atoms with Crippen LogP contribution in [0.4, 0.5) is 10.6 Å². The number of anilines is 1. The fraction of sp³-hybridized carbons (Fsp3) is 0.480. The van der Waals surface area contributed by atoms with E-state index in [0.29, 0.717) is 25.3 Å². The number of H-pyrrole nitrogens is 1. The molecule has 2 N–H and O–H groups in total.